The molecule has 25 heavy (non-hydrogen) atoms. The zero-order chi connectivity index (χ0) is 18.2. The Morgan fingerprint density at radius 2 is 2.04 bits per heavy atom. The molecule has 0 aliphatic carbocycles. The molecule has 2 fully saturated rings. The van der Waals surface area contributed by atoms with Crippen LogP contribution in [0.5, 0.6) is 0 Å². The van der Waals surface area contributed by atoms with Crippen LogP contribution in [0.3, 0.4) is 0 Å². The van der Waals surface area contributed by atoms with Crippen molar-refractivity contribution in [1.82, 2.24) is 9.80 Å². The maximum Gasteiger partial charge on any atom is 0.248 e. The third-order valence-electron chi connectivity index (χ3n) is 4.86. The van der Waals surface area contributed by atoms with E-state index in [1.54, 1.807) is 22.7 Å². The molecule has 2 aliphatic heterocycles. The largest absolute Gasteiger partial charge is 0.322 e. The average Bonchev–Trinajstić information content (AvgIpc) is 2.92. The first-order chi connectivity index (χ1) is 11.8. The number of rotatable bonds is 2. The second-order valence-electron chi connectivity index (χ2n) is 6.58. The molecule has 1 atom stereocenters. The number of hydrogen-bond acceptors (Lipinski definition) is 4. The summed E-state index contributed by atoms with van der Waals surface area (Å²) in [4.78, 5) is 28.7. The lowest BCUT2D eigenvalue weighted by Gasteiger charge is -2.44. The first kappa shape index (κ1) is 18.7. The lowest BCUT2D eigenvalue weighted by Crippen LogP contribution is -2.56. The summed E-state index contributed by atoms with van der Waals surface area (Å²) < 4.78 is 14.6. The van der Waals surface area contributed by atoms with Crippen molar-refractivity contribution in [3.63, 3.8) is 0 Å². The van der Waals surface area contributed by atoms with Crippen molar-refractivity contribution in [3.8, 4) is 0 Å². The molecule has 5 nitrogen and oxygen atoms in total. The number of carbonyl (C=O) groups excluding carboxylic acids is 2. The van der Waals surface area contributed by atoms with E-state index in [1.807, 2.05) is 0 Å². The molecule has 2 amide bonds. The van der Waals surface area contributed by atoms with Crippen LogP contribution in [0.2, 0.25) is 0 Å². The fraction of sp³-hybridized carbons (Fsp3) is 0.529. The Bertz CT molecular complexity index is 694. The smallest absolute Gasteiger partial charge is 0.248 e. The van der Waals surface area contributed by atoms with E-state index in [9.17, 15) is 14.0 Å². The van der Waals surface area contributed by atoms with Gasteiger partial charge in [-0.2, -0.15) is 0 Å². The summed E-state index contributed by atoms with van der Waals surface area (Å²) in [6.45, 7) is 3.30. The summed E-state index contributed by atoms with van der Waals surface area (Å²) >= 11 is 4.87. The van der Waals surface area contributed by atoms with Crippen LogP contribution < -0.4 is 5.32 Å². The van der Waals surface area contributed by atoms with E-state index in [2.05, 4.69) is 33.2 Å². The van der Waals surface area contributed by atoms with E-state index < -0.39 is 11.9 Å². The number of nitrogens with one attached hydrogen (secondary N) is 1. The van der Waals surface area contributed by atoms with E-state index in [4.69, 9.17) is 0 Å². The molecule has 136 valence electrons. The summed E-state index contributed by atoms with van der Waals surface area (Å²) in [5.41, 5.74) is 0.131. The van der Waals surface area contributed by atoms with Crippen LogP contribution in [-0.4, -0.2) is 58.4 Å². The van der Waals surface area contributed by atoms with Crippen LogP contribution in [0.25, 0.3) is 0 Å². The Morgan fingerprint density at radius 1 is 1.36 bits per heavy atom. The predicted octanol–water partition coefficient (Wildman–Crippen LogP) is 2.91. The Kier molecular flexibility index (Phi) is 5.41. The minimum absolute atomic E-state index is 0.106. The molecular weight excluding hydrogens is 409 g/mol. The van der Waals surface area contributed by atoms with Crippen LogP contribution in [-0.2, 0) is 9.59 Å². The predicted molar refractivity (Wildman–Crippen MR) is 101 cm³/mol. The molecule has 8 heteroatoms. The number of thioether (sulfide) groups is 1. The van der Waals surface area contributed by atoms with Crippen molar-refractivity contribution in [2.45, 2.75) is 30.7 Å². The van der Waals surface area contributed by atoms with Gasteiger partial charge in [-0.3, -0.25) is 9.59 Å². The van der Waals surface area contributed by atoms with Gasteiger partial charge in [-0.15, -0.1) is 11.8 Å². The number of benzene rings is 1. The first-order valence-corrected chi connectivity index (χ1v) is 9.98. The summed E-state index contributed by atoms with van der Waals surface area (Å²) in [5, 5.41) is 2.64. The number of nitrogens with zero attached hydrogens (tertiary/aromatic N) is 2. The van der Waals surface area contributed by atoms with Gasteiger partial charge >= 0.3 is 0 Å². The molecule has 0 aromatic heterocycles. The molecule has 1 N–H and O–H groups in total. The Balaban J connectivity index is 1.79. The van der Waals surface area contributed by atoms with Gasteiger partial charge in [0.2, 0.25) is 11.8 Å². The highest BCUT2D eigenvalue weighted by molar-refractivity contribution is 9.10. The standard InChI is InChI=1S/C17H21BrFN3O2S/c1-11(23)22-15(10-25-17(22)5-7-21(2)8-6-17)16(24)20-14-4-3-12(18)9-13(14)19/h3-4,9,15H,5-8,10H2,1-2H3,(H,20,24). The molecule has 1 aromatic carbocycles. The van der Waals surface area contributed by atoms with E-state index in [-0.39, 0.29) is 22.4 Å². The maximum absolute atomic E-state index is 14.0. The van der Waals surface area contributed by atoms with E-state index >= 15 is 0 Å². The van der Waals surface area contributed by atoms with Crippen LogP contribution in [0.15, 0.2) is 22.7 Å². The molecule has 3 rings (SSSR count). The number of hydrogen-bond donors (Lipinski definition) is 1. The summed E-state index contributed by atoms with van der Waals surface area (Å²) in [6.07, 6.45) is 1.67. The summed E-state index contributed by atoms with van der Waals surface area (Å²) in [5.74, 6) is -0.407. The van der Waals surface area contributed by atoms with Gasteiger partial charge in [-0.1, -0.05) is 15.9 Å². The second-order valence-corrected chi connectivity index (χ2v) is 8.88. The zero-order valence-electron chi connectivity index (χ0n) is 14.2. The third-order valence-corrected chi connectivity index (χ3v) is 6.98. The van der Waals surface area contributed by atoms with Crippen molar-refractivity contribution >= 4 is 45.2 Å². The molecule has 1 aromatic rings. The highest BCUT2D eigenvalue weighted by Gasteiger charge is 2.51. The van der Waals surface area contributed by atoms with Gasteiger partial charge in [0, 0.05) is 30.2 Å². The molecule has 0 radical (unpaired) electrons. The van der Waals surface area contributed by atoms with Gasteiger partial charge in [0.1, 0.15) is 11.9 Å². The van der Waals surface area contributed by atoms with Crippen molar-refractivity contribution in [2.75, 3.05) is 31.2 Å². The quantitative estimate of drug-likeness (QED) is 0.784. The molecular formula is C17H21BrFN3O2S. The summed E-state index contributed by atoms with van der Waals surface area (Å²) in [6, 6.07) is 3.92. The Hall–Kier alpha value is -1.12. The van der Waals surface area contributed by atoms with Crippen LogP contribution >= 0.6 is 27.7 Å². The van der Waals surface area contributed by atoms with Crippen molar-refractivity contribution < 1.29 is 14.0 Å². The van der Waals surface area contributed by atoms with Gasteiger partial charge in [-0.05, 0) is 38.1 Å². The number of carbonyl (C=O) groups is 2. The van der Waals surface area contributed by atoms with Crippen molar-refractivity contribution in [3.05, 3.63) is 28.5 Å². The molecule has 2 aliphatic rings. The van der Waals surface area contributed by atoms with E-state index in [1.165, 1.54) is 19.1 Å². The van der Waals surface area contributed by atoms with Gasteiger partial charge in [0.25, 0.3) is 0 Å². The molecule has 0 bridgehead atoms. The van der Waals surface area contributed by atoms with Crippen molar-refractivity contribution in [2.24, 2.45) is 0 Å². The average molecular weight is 430 g/mol. The molecule has 2 saturated heterocycles. The van der Waals surface area contributed by atoms with Gasteiger partial charge in [0.15, 0.2) is 0 Å². The van der Waals surface area contributed by atoms with Gasteiger partial charge < -0.3 is 15.1 Å². The highest BCUT2D eigenvalue weighted by Crippen LogP contribution is 2.46. The van der Waals surface area contributed by atoms with Crippen molar-refractivity contribution in [1.29, 1.82) is 0 Å². The third kappa shape index (κ3) is 3.71. The molecule has 0 saturated carbocycles. The highest BCUT2D eigenvalue weighted by atomic mass is 79.9. The summed E-state index contributed by atoms with van der Waals surface area (Å²) in [7, 11) is 2.06. The van der Waals surface area contributed by atoms with Gasteiger partial charge in [0.05, 0.1) is 10.6 Å². The number of anilines is 1. The topological polar surface area (TPSA) is 52.7 Å². The van der Waals surface area contributed by atoms with Gasteiger partial charge in [-0.25, -0.2) is 4.39 Å². The lowest BCUT2D eigenvalue weighted by atomic mass is 10.0. The monoisotopic (exact) mass is 429 g/mol. The lowest BCUT2D eigenvalue weighted by molar-refractivity contribution is -0.140. The number of halogens is 2. The van der Waals surface area contributed by atoms with Crippen LogP contribution in [0, 0.1) is 5.82 Å². The minimum Gasteiger partial charge on any atom is -0.322 e. The minimum atomic E-state index is -0.575. The SMILES string of the molecule is CC(=O)N1C(C(=O)Nc2ccc(Br)cc2F)CSC12CCN(C)CC2. The molecule has 1 unspecified atom stereocenters. The van der Waals surface area contributed by atoms with E-state index in [0.717, 1.165) is 25.9 Å². The fourth-order valence-corrected chi connectivity index (χ4v) is 5.49. The number of piperidine rings is 1. The molecule has 1 spiro atoms. The first-order valence-electron chi connectivity index (χ1n) is 8.21. The number of amides is 2. The van der Waals surface area contributed by atoms with E-state index in [0.29, 0.717) is 10.2 Å². The zero-order valence-corrected chi connectivity index (χ0v) is 16.6. The van der Waals surface area contributed by atoms with Crippen LogP contribution in [0.1, 0.15) is 19.8 Å². The fourth-order valence-electron chi connectivity index (χ4n) is 3.52. The number of likely N-dealkylation sites (tertiary alicyclic amines) is 1. The second kappa shape index (κ2) is 7.25. The Labute approximate surface area is 159 Å². The van der Waals surface area contributed by atoms with Crippen LogP contribution in [0.4, 0.5) is 10.1 Å². The Morgan fingerprint density at radius 3 is 2.64 bits per heavy atom. The maximum atomic E-state index is 14.0. The molecule has 2 heterocycles. The normalized spacial score (nSPS) is 23.0.